The second-order valence-corrected chi connectivity index (χ2v) is 5.15. The molecule has 0 aliphatic carbocycles. The van der Waals surface area contributed by atoms with E-state index in [4.69, 9.17) is 14.2 Å². The first kappa shape index (κ1) is 17.4. The molecule has 1 N–H and O–H groups in total. The second kappa shape index (κ2) is 7.55. The van der Waals surface area contributed by atoms with Gasteiger partial charge in [0.2, 0.25) is 0 Å². The number of ether oxygens (including phenoxy) is 3. The topological polar surface area (TPSA) is 65.0 Å². The first-order valence-corrected chi connectivity index (χ1v) is 7.32. The molecule has 0 bridgehead atoms. The van der Waals surface area contributed by atoms with Gasteiger partial charge in [-0.25, -0.2) is 4.79 Å². The molecule has 0 heterocycles. The van der Waals surface area contributed by atoms with Crippen LogP contribution in [0.1, 0.15) is 16.7 Å². The maximum Gasteiger partial charge on any atom is 0.336 e. The van der Waals surface area contributed by atoms with Gasteiger partial charge < -0.3 is 19.3 Å². The van der Waals surface area contributed by atoms with Gasteiger partial charge in [0.25, 0.3) is 0 Å². The van der Waals surface area contributed by atoms with Crippen molar-refractivity contribution in [2.45, 2.75) is 6.92 Å². The number of rotatable bonds is 6. The molecule has 2 aromatic rings. The Morgan fingerprint density at radius 2 is 1.58 bits per heavy atom. The van der Waals surface area contributed by atoms with Crippen molar-refractivity contribution in [2.24, 2.45) is 0 Å². The van der Waals surface area contributed by atoms with Crippen LogP contribution in [0.4, 0.5) is 0 Å². The van der Waals surface area contributed by atoms with Crippen LogP contribution in [0, 0.1) is 6.92 Å². The third kappa shape index (κ3) is 3.68. The van der Waals surface area contributed by atoms with Crippen LogP contribution < -0.4 is 14.2 Å². The molecule has 126 valence electrons. The Bertz CT molecular complexity index is 777. The van der Waals surface area contributed by atoms with E-state index < -0.39 is 5.97 Å². The molecule has 0 saturated carbocycles. The van der Waals surface area contributed by atoms with Crippen molar-refractivity contribution in [3.8, 4) is 17.2 Å². The quantitative estimate of drug-likeness (QED) is 0.648. The minimum Gasteiger partial charge on any atom is -0.497 e. The highest BCUT2D eigenvalue weighted by Gasteiger charge is 2.15. The van der Waals surface area contributed by atoms with Crippen LogP contribution in [0.5, 0.6) is 17.2 Å². The van der Waals surface area contributed by atoms with Gasteiger partial charge in [0.15, 0.2) is 0 Å². The molecule has 5 nitrogen and oxygen atoms in total. The molecule has 0 spiro atoms. The minimum atomic E-state index is -1.02. The van der Waals surface area contributed by atoms with E-state index in [-0.39, 0.29) is 5.57 Å². The second-order valence-electron chi connectivity index (χ2n) is 5.15. The fraction of sp³-hybridized carbons (Fsp3) is 0.211. The molecule has 24 heavy (non-hydrogen) atoms. The van der Waals surface area contributed by atoms with Crippen molar-refractivity contribution in [3.63, 3.8) is 0 Å². The van der Waals surface area contributed by atoms with Gasteiger partial charge >= 0.3 is 5.97 Å². The predicted octanol–water partition coefficient (Wildman–Crippen LogP) is 3.65. The van der Waals surface area contributed by atoms with Crippen molar-refractivity contribution < 1.29 is 24.1 Å². The number of methoxy groups -OCH3 is 3. The summed E-state index contributed by atoms with van der Waals surface area (Å²) >= 11 is 0. The molecule has 5 heteroatoms. The molecule has 0 aromatic heterocycles. The highest BCUT2D eigenvalue weighted by Crippen LogP contribution is 2.30. The molecule has 0 saturated heterocycles. The van der Waals surface area contributed by atoms with Crippen LogP contribution >= 0.6 is 0 Å². The largest absolute Gasteiger partial charge is 0.497 e. The fourth-order valence-corrected chi connectivity index (χ4v) is 2.43. The van der Waals surface area contributed by atoms with Crippen LogP contribution in [0.3, 0.4) is 0 Å². The summed E-state index contributed by atoms with van der Waals surface area (Å²) in [6.07, 6.45) is 1.58. The predicted molar refractivity (Wildman–Crippen MR) is 92.8 cm³/mol. The van der Waals surface area contributed by atoms with Gasteiger partial charge in [-0.15, -0.1) is 0 Å². The van der Waals surface area contributed by atoms with E-state index >= 15 is 0 Å². The number of hydrogen-bond acceptors (Lipinski definition) is 4. The van der Waals surface area contributed by atoms with Gasteiger partial charge in [-0.1, -0.05) is 6.07 Å². The number of aryl methyl sites for hydroxylation is 1. The highest BCUT2D eigenvalue weighted by molar-refractivity contribution is 6.21. The average Bonchev–Trinajstić information content (AvgIpc) is 2.59. The molecule has 0 atom stereocenters. The summed E-state index contributed by atoms with van der Waals surface area (Å²) in [7, 11) is 4.67. The molecule has 0 unspecified atom stereocenters. The van der Waals surface area contributed by atoms with E-state index in [1.165, 1.54) is 7.11 Å². The van der Waals surface area contributed by atoms with Gasteiger partial charge in [0.1, 0.15) is 17.2 Å². The summed E-state index contributed by atoms with van der Waals surface area (Å²) in [5.74, 6) is 0.854. The van der Waals surface area contributed by atoms with E-state index in [9.17, 15) is 9.90 Å². The lowest BCUT2D eigenvalue weighted by atomic mass is 9.98. The third-order valence-electron chi connectivity index (χ3n) is 3.69. The lowest BCUT2D eigenvalue weighted by Crippen LogP contribution is -2.02. The summed E-state index contributed by atoms with van der Waals surface area (Å²) < 4.78 is 15.7. The molecular weight excluding hydrogens is 308 g/mol. The van der Waals surface area contributed by atoms with E-state index in [2.05, 4.69) is 0 Å². The van der Waals surface area contributed by atoms with Crippen molar-refractivity contribution in [1.29, 1.82) is 0 Å². The van der Waals surface area contributed by atoms with Crippen LogP contribution in [0.15, 0.2) is 36.4 Å². The fourth-order valence-electron chi connectivity index (χ4n) is 2.43. The maximum absolute atomic E-state index is 11.8. The van der Waals surface area contributed by atoms with Gasteiger partial charge in [-0.2, -0.15) is 0 Å². The number of benzene rings is 2. The zero-order valence-electron chi connectivity index (χ0n) is 14.1. The number of carboxylic acid groups (broad SMARTS) is 1. The summed E-state index contributed by atoms with van der Waals surface area (Å²) in [5.41, 5.74) is 2.23. The van der Waals surface area contributed by atoms with E-state index in [1.807, 2.05) is 6.92 Å². The zero-order valence-corrected chi connectivity index (χ0v) is 14.1. The zero-order chi connectivity index (χ0) is 17.7. The van der Waals surface area contributed by atoms with Crippen molar-refractivity contribution in [1.82, 2.24) is 0 Å². The van der Waals surface area contributed by atoms with E-state index in [0.717, 1.165) is 5.56 Å². The Hall–Kier alpha value is -2.95. The van der Waals surface area contributed by atoms with Gasteiger partial charge in [-0.3, -0.25) is 0 Å². The summed E-state index contributed by atoms with van der Waals surface area (Å²) in [5, 5.41) is 9.66. The summed E-state index contributed by atoms with van der Waals surface area (Å²) in [6, 6.07) is 10.5. The highest BCUT2D eigenvalue weighted by atomic mass is 16.5. The van der Waals surface area contributed by atoms with Crippen LogP contribution in [0.25, 0.3) is 11.6 Å². The van der Waals surface area contributed by atoms with E-state index in [0.29, 0.717) is 28.4 Å². The molecule has 2 aromatic carbocycles. The Morgan fingerprint density at radius 1 is 0.958 bits per heavy atom. The van der Waals surface area contributed by atoms with Gasteiger partial charge in [0.05, 0.1) is 26.9 Å². The molecule has 0 amide bonds. The number of aliphatic carboxylic acids is 1. The Morgan fingerprint density at radius 3 is 2.12 bits per heavy atom. The molecule has 0 radical (unpaired) electrons. The Kier molecular flexibility index (Phi) is 5.47. The minimum absolute atomic E-state index is 0.168. The standard InChI is InChI=1S/C19H20O5/c1-12-9-14(22-2)5-7-16(12)17(19(20)21)11-13-10-15(23-3)6-8-18(13)24-4/h5-11H,1-4H3,(H,20,21)/b17-11-. The molecule has 0 aliphatic heterocycles. The van der Waals surface area contributed by atoms with Gasteiger partial charge in [-0.05, 0) is 54.5 Å². The SMILES string of the molecule is COc1ccc(/C(=C/c2cc(OC)ccc2OC)C(=O)O)c(C)c1. The van der Waals surface area contributed by atoms with Crippen LogP contribution in [-0.2, 0) is 4.79 Å². The lowest BCUT2D eigenvalue weighted by Gasteiger charge is -2.11. The Labute approximate surface area is 141 Å². The molecule has 0 fully saturated rings. The van der Waals surface area contributed by atoms with E-state index in [1.54, 1.807) is 56.7 Å². The van der Waals surface area contributed by atoms with Crippen molar-refractivity contribution in [3.05, 3.63) is 53.1 Å². The molecular formula is C19H20O5. The first-order chi connectivity index (χ1) is 11.5. The maximum atomic E-state index is 11.8. The number of carbonyl (C=O) groups is 1. The number of hydrogen-bond donors (Lipinski definition) is 1. The summed E-state index contributed by atoms with van der Waals surface area (Å²) in [6.45, 7) is 1.84. The van der Waals surface area contributed by atoms with Crippen LogP contribution in [0.2, 0.25) is 0 Å². The summed E-state index contributed by atoms with van der Waals surface area (Å²) in [4.78, 5) is 11.8. The molecule has 2 rings (SSSR count). The van der Waals surface area contributed by atoms with Crippen LogP contribution in [-0.4, -0.2) is 32.4 Å². The van der Waals surface area contributed by atoms with Crippen molar-refractivity contribution >= 4 is 17.6 Å². The first-order valence-electron chi connectivity index (χ1n) is 7.32. The molecule has 0 aliphatic rings. The Balaban J connectivity index is 2.60. The lowest BCUT2D eigenvalue weighted by molar-refractivity contribution is -0.130. The third-order valence-corrected chi connectivity index (χ3v) is 3.69. The normalized spacial score (nSPS) is 11.1. The smallest absolute Gasteiger partial charge is 0.336 e. The van der Waals surface area contributed by atoms with Crippen molar-refractivity contribution in [2.75, 3.05) is 21.3 Å². The average molecular weight is 328 g/mol. The van der Waals surface area contributed by atoms with Gasteiger partial charge in [0, 0.05) is 5.56 Å². The monoisotopic (exact) mass is 328 g/mol. The number of carboxylic acids is 1.